The van der Waals surface area contributed by atoms with Gasteiger partial charge in [0.25, 0.3) is 11.7 Å². The molecule has 138 valence electrons. The zero-order valence-corrected chi connectivity index (χ0v) is 15.2. The van der Waals surface area contributed by atoms with Crippen molar-refractivity contribution in [3.8, 4) is 11.5 Å². The lowest BCUT2D eigenvalue weighted by atomic mass is 10.1. The van der Waals surface area contributed by atoms with E-state index >= 15 is 0 Å². The van der Waals surface area contributed by atoms with Crippen molar-refractivity contribution in [3.63, 3.8) is 0 Å². The third-order valence-electron chi connectivity index (χ3n) is 3.52. The first-order chi connectivity index (χ1) is 12.0. The van der Waals surface area contributed by atoms with Crippen LogP contribution in [0.3, 0.4) is 0 Å². The fourth-order valence-corrected chi connectivity index (χ4v) is 2.11. The zero-order valence-electron chi connectivity index (χ0n) is 15.2. The topological polar surface area (TPSA) is 82.1 Å². The summed E-state index contributed by atoms with van der Waals surface area (Å²) in [6, 6.07) is 4.33. The summed E-state index contributed by atoms with van der Waals surface area (Å²) in [4.78, 5) is 37.3. The molecule has 0 saturated carbocycles. The molecule has 1 rings (SSSR count). The number of benzene rings is 1. The number of esters is 1. The van der Waals surface area contributed by atoms with E-state index in [1.807, 2.05) is 20.8 Å². The number of Topliss-reactive ketones (excluding diaryl/α,β-unsaturated/α-hetero) is 1. The summed E-state index contributed by atoms with van der Waals surface area (Å²) in [5.41, 5.74) is 0.139. The van der Waals surface area contributed by atoms with Crippen LogP contribution in [0.15, 0.2) is 18.2 Å². The Balaban J connectivity index is 2.83. The van der Waals surface area contributed by atoms with E-state index in [1.165, 1.54) is 25.3 Å². The van der Waals surface area contributed by atoms with Crippen LogP contribution in [-0.4, -0.2) is 56.0 Å². The fourth-order valence-electron chi connectivity index (χ4n) is 2.11. The molecule has 1 aromatic rings. The smallest absolute Gasteiger partial charge is 0.379 e. The van der Waals surface area contributed by atoms with Crippen molar-refractivity contribution in [2.24, 2.45) is 0 Å². The highest BCUT2D eigenvalue weighted by molar-refractivity contribution is 6.40. The summed E-state index contributed by atoms with van der Waals surface area (Å²) in [5.74, 6) is -1.22. The SMILES string of the molecule is CCCOC(=O)C(=O)c1ccc(OCC(=O)N(CC)CC)c(OC)c1. The fraction of sp³-hybridized carbons (Fsp3) is 0.500. The van der Waals surface area contributed by atoms with Gasteiger partial charge < -0.3 is 19.1 Å². The lowest BCUT2D eigenvalue weighted by molar-refractivity contribution is -0.138. The monoisotopic (exact) mass is 351 g/mol. The number of amides is 1. The zero-order chi connectivity index (χ0) is 18.8. The van der Waals surface area contributed by atoms with E-state index in [0.29, 0.717) is 25.3 Å². The van der Waals surface area contributed by atoms with Gasteiger partial charge in [0, 0.05) is 18.7 Å². The highest BCUT2D eigenvalue weighted by Crippen LogP contribution is 2.28. The number of methoxy groups -OCH3 is 1. The molecule has 0 saturated heterocycles. The van der Waals surface area contributed by atoms with Gasteiger partial charge in [-0.15, -0.1) is 0 Å². The Morgan fingerprint density at radius 3 is 2.28 bits per heavy atom. The van der Waals surface area contributed by atoms with Gasteiger partial charge in [0.2, 0.25) is 0 Å². The molecule has 0 aliphatic carbocycles. The van der Waals surface area contributed by atoms with E-state index in [9.17, 15) is 14.4 Å². The van der Waals surface area contributed by atoms with E-state index in [2.05, 4.69) is 0 Å². The molecule has 0 heterocycles. The molecule has 0 aliphatic heterocycles. The van der Waals surface area contributed by atoms with Crippen LogP contribution in [0, 0.1) is 0 Å². The molecule has 0 fully saturated rings. The quantitative estimate of drug-likeness (QED) is 0.365. The molecule has 7 nitrogen and oxygen atoms in total. The van der Waals surface area contributed by atoms with Crippen molar-refractivity contribution in [3.05, 3.63) is 23.8 Å². The highest BCUT2D eigenvalue weighted by Gasteiger charge is 2.20. The van der Waals surface area contributed by atoms with Gasteiger partial charge in [-0.3, -0.25) is 9.59 Å². The van der Waals surface area contributed by atoms with Gasteiger partial charge in [-0.1, -0.05) is 6.92 Å². The summed E-state index contributed by atoms with van der Waals surface area (Å²) >= 11 is 0. The van der Waals surface area contributed by atoms with Crippen LogP contribution in [0.2, 0.25) is 0 Å². The molecule has 1 amide bonds. The Labute approximate surface area is 147 Å². The summed E-state index contributed by atoms with van der Waals surface area (Å²) in [7, 11) is 1.41. The number of carbonyl (C=O) groups excluding carboxylic acids is 3. The summed E-state index contributed by atoms with van der Waals surface area (Å²) < 4.78 is 15.5. The third kappa shape index (κ3) is 5.77. The molecule has 0 aromatic heterocycles. The van der Waals surface area contributed by atoms with Crippen LogP contribution in [0.1, 0.15) is 37.6 Å². The minimum atomic E-state index is -0.908. The van der Waals surface area contributed by atoms with Gasteiger partial charge in [0.05, 0.1) is 13.7 Å². The van der Waals surface area contributed by atoms with E-state index in [1.54, 1.807) is 4.90 Å². The van der Waals surface area contributed by atoms with Crippen molar-refractivity contribution >= 4 is 17.7 Å². The van der Waals surface area contributed by atoms with Crippen LogP contribution in [-0.2, 0) is 14.3 Å². The lowest BCUT2D eigenvalue weighted by Crippen LogP contribution is -2.34. The van der Waals surface area contributed by atoms with Gasteiger partial charge in [-0.2, -0.15) is 0 Å². The van der Waals surface area contributed by atoms with Crippen LogP contribution >= 0.6 is 0 Å². The third-order valence-corrected chi connectivity index (χ3v) is 3.52. The minimum absolute atomic E-state index is 0.135. The average Bonchev–Trinajstić information content (AvgIpc) is 2.64. The van der Waals surface area contributed by atoms with Crippen LogP contribution in [0.25, 0.3) is 0 Å². The first kappa shape index (κ1) is 20.5. The van der Waals surface area contributed by atoms with Gasteiger partial charge in [0.1, 0.15) is 0 Å². The van der Waals surface area contributed by atoms with E-state index in [-0.39, 0.29) is 30.4 Å². The predicted octanol–water partition coefficient (Wildman–Crippen LogP) is 2.08. The average molecular weight is 351 g/mol. The number of rotatable bonds is 10. The Kier molecular flexibility index (Phi) is 8.46. The number of hydrogen-bond donors (Lipinski definition) is 0. The van der Waals surface area contributed by atoms with Crippen molar-refractivity contribution < 1.29 is 28.6 Å². The first-order valence-electron chi connectivity index (χ1n) is 8.28. The van der Waals surface area contributed by atoms with Gasteiger partial charge >= 0.3 is 5.97 Å². The Hall–Kier alpha value is -2.57. The lowest BCUT2D eigenvalue weighted by Gasteiger charge is -2.19. The van der Waals surface area contributed by atoms with E-state index in [4.69, 9.17) is 14.2 Å². The molecular weight excluding hydrogens is 326 g/mol. The predicted molar refractivity (Wildman–Crippen MR) is 92.0 cm³/mol. The molecule has 0 spiro atoms. The largest absolute Gasteiger partial charge is 0.493 e. The molecule has 7 heteroatoms. The summed E-state index contributed by atoms with van der Waals surface area (Å²) in [5, 5.41) is 0. The van der Waals surface area contributed by atoms with Crippen LogP contribution in [0.4, 0.5) is 0 Å². The number of carbonyl (C=O) groups is 3. The van der Waals surface area contributed by atoms with E-state index < -0.39 is 11.8 Å². The normalized spacial score (nSPS) is 10.1. The molecule has 0 radical (unpaired) electrons. The first-order valence-corrected chi connectivity index (χ1v) is 8.28. The Morgan fingerprint density at radius 2 is 1.72 bits per heavy atom. The molecule has 0 N–H and O–H groups in total. The number of ketones is 1. The number of ether oxygens (including phenoxy) is 3. The second-order valence-corrected chi connectivity index (χ2v) is 5.19. The van der Waals surface area contributed by atoms with Crippen molar-refractivity contribution in [2.45, 2.75) is 27.2 Å². The molecule has 25 heavy (non-hydrogen) atoms. The van der Waals surface area contributed by atoms with Crippen LogP contribution in [0.5, 0.6) is 11.5 Å². The van der Waals surface area contributed by atoms with Crippen LogP contribution < -0.4 is 9.47 Å². The number of likely N-dealkylation sites (N-methyl/N-ethyl adjacent to an activating group) is 1. The molecule has 1 aromatic carbocycles. The maximum Gasteiger partial charge on any atom is 0.379 e. The summed E-state index contributed by atoms with van der Waals surface area (Å²) in [6.07, 6.45) is 0.635. The van der Waals surface area contributed by atoms with Crippen molar-refractivity contribution in [2.75, 3.05) is 33.4 Å². The van der Waals surface area contributed by atoms with Gasteiger partial charge in [-0.05, 0) is 38.5 Å². The maximum absolute atomic E-state index is 12.0. The molecule has 0 unspecified atom stereocenters. The van der Waals surface area contributed by atoms with Crippen molar-refractivity contribution in [1.82, 2.24) is 4.90 Å². The molecule has 0 aliphatic rings. The van der Waals surface area contributed by atoms with Gasteiger partial charge in [-0.25, -0.2) is 4.79 Å². The Morgan fingerprint density at radius 1 is 1.04 bits per heavy atom. The number of hydrogen-bond acceptors (Lipinski definition) is 6. The Bertz CT molecular complexity index is 610. The highest BCUT2D eigenvalue weighted by atomic mass is 16.5. The van der Waals surface area contributed by atoms with Crippen molar-refractivity contribution in [1.29, 1.82) is 0 Å². The van der Waals surface area contributed by atoms with Gasteiger partial charge in [0.15, 0.2) is 18.1 Å². The maximum atomic E-state index is 12.0. The molecule has 0 bridgehead atoms. The second kappa shape index (κ2) is 10.3. The van der Waals surface area contributed by atoms with E-state index in [0.717, 1.165) is 0 Å². The molecule has 0 atom stereocenters. The number of nitrogens with zero attached hydrogens (tertiary/aromatic N) is 1. The second-order valence-electron chi connectivity index (χ2n) is 5.19. The standard InChI is InChI=1S/C18H25NO6/c1-5-10-24-18(22)17(21)13-8-9-14(15(11-13)23-4)25-12-16(20)19(6-2)7-3/h8-9,11H,5-7,10,12H2,1-4H3. The minimum Gasteiger partial charge on any atom is -0.493 e. The summed E-state index contributed by atoms with van der Waals surface area (Å²) in [6.45, 7) is 6.87. The molecular formula is C18H25NO6.